The van der Waals surface area contributed by atoms with Crippen LogP contribution >= 0.6 is 0 Å². The maximum absolute atomic E-state index is 11.5. The molecule has 0 aliphatic rings. The zero-order valence-corrected chi connectivity index (χ0v) is 13.0. The lowest BCUT2D eigenvalue weighted by Gasteiger charge is -2.05. The second-order valence-electron chi connectivity index (χ2n) is 4.76. The van der Waals surface area contributed by atoms with Crippen molar-refractivity contribution in [2.45, 2.75) is 13.0 Å². The van der Waals surface area contributed by atoms with E-state index in [1.54, 1.807) is 18.2 Å². The number of hydrogen-bond donors (Lipinski definition) is 1. The molecular weight excluding hydrogens is 304 g/mol. The number of alkyl carbamates (subject to hydrolysis) is 1. The zero-order valence-electron chi connectivity index (χ0n) is 13.0. The van der Waals surface area contributed by atoms with Gasteiger partial charge in [-0.1, -0.05) is 54.3 Å². The molecule has 5 heteroatoms. The number of para-hydroxylation sites is 1. The Hall–Kier alpha value is -3.35. The van der Waals surface area contributed by atoms with Crippen LogP contribution in [0.15, 0.2) is 59.6 Å². The second kappa shape index (κ2) is 9.62. The monoisotopic (exact) mass is 320 g/mol. The molecule has 2 aromatic carbocycles. The average Bonchev–Trinajstić information content (AvgIpc) is 2.62. The van der Waals surface area contributed by atoms with Crippen LogP contribution in [0.2, 0.25) is 0 Å². The van der Waals surface area contributed by atoms with Gasteiger partial charge in [-0.3, -0.25) is 0 Å². The largest absolute Gasteiger partial charge is 0.445 e. The summed E-state index contributed by atoms with van der Waals surface area (Å²) in [4.78, 5) is 25.5. The molecule has 0 bridgehead atoms. The lowest BCUT2D eigenvalue weighted by molar-refractivity contribution is 0.140. The molecule has 0 atom stereocenters. The Kier molecular flexibility index (Phi) is 6.82. The Morgan fingerprint density at radius 3 is 2.62 bits per heavy atom. The minimum absolute atomic E-state index is 0.232. The summed E-state index contributed by atoms with van der Waals surface area (Å²) in [5.74, 6) is 5.83. The number of isocyanates is 1. The van der Waals surface area contributed by atoms with Gasteiger partial charge in [0, 0.05) is 13.0 Å². The first-order valence-electron chi connectivity index (χ1n) is 7.40. The van der Waals surface area contributed by atoms with Gasteiger partial charge in [-0.25, -0.2) is 9.59 Å². The summed E-state index contributed by atoms with van der Waals surface area (Å²) in [6.45, 7) is 0.606. The molecule has 2 aromatic rings. The van der Waals surface area contributed by atoms with Crippen LogP contribution in [0.4, 0.5) is 10.5 Å². The first-order valence-corrected chi connectivity index (χ1v) is 7.40. The van der Waals surface area contributed by atoms with E-state index in [9.17, 15) is 9.59 Å². The van der Waals surface area contributed by atoms with Crippen LogP contribution in [-0.2, 0) is 16.1 Å². The molecule has 0 unspecified atom stereocenters. The maximum atomic E-state index is 11.5. The normalized spacial score (nSPS) is 9.17. The van der Waals surface area contributed by atoms with Crippen molar-refractivity contribution < 1.29 is 14.3 Å². The summed E-state index contributed by atoms with van der Waals surface area (Å²) in [6, 6.07) is 16.5. The molecule has 0 saturated heterocycles. The van der Waals surface area contributed by atoms with Gasteiger partial charge in [0.1, 0.15) is 6.61 Å². The summed E-state index contributed by atoms with van der Waals surface area (Å²) in [5.41, 5.74) is 2.06. The van der Waals surface area contributed by atoms with Crippen molar-refractivity contribution in [1.29, 1.82) is 0 Å². The highest BCUT2D eigenvalue weighted by Crippen LogP contribution is 2.16. The van der Waals surface area contributed by atoms with E-state index in [1.807, 2.05) is 36.4 Å². The quantitative estimate of drug-likeness (QED) is 0.398. The lowest BCUT2D eigenvalue weighted by Crippen LogP contribution is -2.24. The van der Waals surface area contributed by atoms with Crippen LogP contribution in [0.25, 0.3) is 0 Å². The van der Waals surface area contributed by atoms with Gasteiger partial charge in [0.25, 0.3) is 0 Å². The highest BCUT2D eigenvalue weighted by Gasteiger charge is 2.01. The van der Waals surface area contributed by atoms with Crippen molar-refractivity contribution in [3.05, 3.63) is 65.7 Å². The van der Waals surface area contributed by atoms with Crippen LogP contribution in [0.3, 0.4) is 0 Å². The van der Waals surface area contributed by atoms with Crippen molar-refractivity contribution in [3.63, 3.8) is 0 Å². The Labute approximate surface area is 140 Å². The van der Waals surface area contributed by atoms with E-state index in [0.29, 0.717) is 24.2 Å². The number of rotatable bonds is 5. The second-order valence-corrected chi connectivity index (χ2v) is 4.76. The Balaban J connectivity index is 1.73. The summed E-state index contributed by atoms with van der Waals surface area (Å²) >= 11 is 0. The number of benzene rings is 2. The first kappa shape index (κ1) is 17.0. The average molecular weight is 320 g/mol. The SMILES string of the molecule is O=C=Nc1ccccc1C#CCCNC(=O)OCc1ccccc1. The van der Waals surface area contributed by atoms with Gasteiger partial charge in [0.2, 0.25) is 6.08 Å². The van der Waals surface area contributed by atoms with Gasteiger partial charge in [0.15, 0.2) is 0 Å². The highest BCUT2D eigenvalue weighted by molar-refractivity contribution is 5.67. The molecule has 0 fully saturated rings. The Bertz CT molecular complexity index is 785. The molecule has 0 radical (unpaired) electrons. The van der Waals surface area contributed by atoms with Crippen LogP contribution in [0.5, 0.6) is 0 Å². The van der Waals surface area contributed by atoms with E-state index in [1.165, 1.54) is 6.08 Å². The smallest absolute Gasteiger partial charge is 0.407 e. The number of amides is 1. The molecule has 0 aromatic heterocycles. The molecule has 0 spiro atoms. The van der Waals surface area contributed by atoms with Crippen LogP contribution < -0.4 is 5.32 Å². The van der Waals surface area contributed by atoms with E-state index in [4.69, 9.17) is 4.74 Å². The maximum Gasteiger partial charge on any atom is 0.407 e. The van der Waals surface area contributed by atoms with Gasteiger partial charge in [0.05, 0.1) is 11.3 Å². The third-order valence-electron chi connectivity index (χ3n) is 3.03. The van der Waals surface area contributed by atoms with Gasteiger partial charge < -0.3 is 10.1 Å². The van der Waals surface area contributed by atoms with E-state index < -0.39 is 6.09 Å². The summed E-state index contributed by atoms with van der Waals surface area (Å²) < 4.78 is 5.09. The molecule has 0 heterocycles. The summed E-state index contributed by atoms with van der Waals surface area (Å²) in [6.07, 6.45) is 1.48. The number of aliphatic imine (C=N–C) groups is 1. The molecule has 0 aliphatic heterocycles. The fourth-order valence-corrected chi connectivity index (χ4v) is 1.88. The van der Waals surface area contributed by atoms with Crippen LogP contribution in [0.1, 0.15) is 17.5 Å². The predicted octanol–water partition coefficient (Wildman–Crippen LogP) is 3.32. The highest BCUT2D eigenvalue weighted by atomic mass is 16.5. The van der Waals surface area contributed by atoms with E-state index in [0.717, 1.165) is 5.56 Å². The van der Waals surface area contributed by atoms with Gasteiger partial charge >= 0.3 is 6.09 Å². The van der Waals surface area contributed by atoms with Crippen molar-refractivity contribution in [2.75, 3.05) is 6.54 Å². The first-order chi connectivity index (χ1) is 11.8. The van der Waals surface area contributed by atoms with E-state index >= 15 is 0 Å². The molecular formula is C19H16N2O3. The van der Waals surface area contributed by atoms with Gasteiger partial charge in [-0.2, -0.15) is 4.99 Å². The molecule has 2 rings (SSSR count). The number of carbonyl (C=O) groups excluding carboxylic acids is 2. The van der Waals surface area contributed by atoms with Gasteiger partial charge in [-0.15, -0.1) is 0 Å². The van der Waals surface area contributed by atoms with Crippen LogP contribution in [-0.4, -0.2) is 18.7 Å². The van der Waals surface area contributed by atoms with Crippen molar-refractivity contribution in [3.8, 4) is 11.8 Å². The van der Waals surface area contributed by atoms with Crippen molar-refractivity contribution in [2.24, 2.45) is 4.99 Å². The molecule has 24 heavy (non-hydrogen) atoms. The summed E-state index contributed by atoms with van der Waals surface area (Å²) in [5, 5.41) is 2.63. The van der Waals surface area contributed by atoms with Crippen LogP contribution in [0, 0.1) is 11.8 Å². The fourth-order valence-electron chi connectivity index (χ4n) is 1.88. The molecule has 0 aliphatic carbocycles. The van der Waals surface area contributed by atoms with Crippen molar-refractivity contribution in [1.82, 2.24) is 5.32 Å². The minimum atomic E-state index is -0.480. The third kappa shape index (κ3) is 5.80. The predicted molar refractivity (Wildman–Crippen MR) is 90.3 cm³/mol. The number of ether oxygens (including phenoxy) is 1. The van der Waals surface area contributed by atoms with Crippen molar-refractivity contribution >= 4 is 17.9 Å². The zero-order chi connectivity index (χ0) is 17.0. The molecule has 5 nitrogen and oxygen atoms in total. The topological polar surface area (TPSA) is 67.8 Å². The van der Waals surface area contributed by atoms with E-state index in [2.05, 4.69) is 22.2 Å². The number of hydrogen-bond acceptors (Lipinski definition) is 4. The Morgan fingerprint density at radius 1 is 1.08 bits per heavy atom. The lowest BCUT2D eigenvalue weighted by atomic mass is 10.2. The Morgan fingerprint density at radius 2 is 1.83 bits per heavy atom. The third-order valence-corrected chi connectivity index (χ3v) is 3.03. The number of nitrogens with one attached hydrogen (secondary N) is 1. The summed E-state index contributed by atoms with van der Waals surface area (Å²) in [7, 11) is 0. The molecule has 120 valence electrons. The standard InChI is InChI=1S/C19H16N2O3/c22-15-21-18-12-5-4-10-17(18)11-6-7-13-20-19(23)24-14-16-8-2-1-3-9-16/h1-5,8-10,12H,7,13-14H2,(H,20,23). The molecule has 0 saturated carbocycles. The molecule has 1 N–H and O–H groups in total. The number of nitrogens with zero attached hydrogens (tertiary/aromatic N) is 1. The van der Waals surface area contributed by atoms with E-state index in [-0.39, 0.29) is 6.61 Å². The molecule has 1 amide bonds. The number of carbonyl (C=O) groups is 1. The minimum Gasteiger partial charge on any atom is -0.445 e. The fraction of sp³-hybridized carbons (Fsp3) is 0.158. The van der Waals surface area contributed by atoms with Gasteiger partial charge in [-0.05, 0) is 17.7 Å².